The molecule has 0 radical (unpaired) electrons. The fraction of sp³-hybridized carbons (Fsp3) is 0.0667. The van der Waals surface area contributed by atoms with E-state index < -0.39 is 5.97 Å². The first-order valence-electron chi connectivity index (χ1n) is 6.53. The van der Waals surface area contributed by atoms with Crippen molar-refractivity contribution in [1.29, 1.82) is 0 Å². The van der Waals surface area contributed by atoms with Crippen molar-refractivity contribution < 1.29 is 14.6 Å². The van der Waals surface area contributed by atoms with Gasteiger partial charge in [0.15, 0.2) is 0 Å². The first-order chi connectivity index (χ1) is 11.0. The Hall–Kier alpha value is -2.93. The molecule has 0 saturated carbocycles. The summed E-state index contributed by atoms with van der Waals surface area (Å²) in [5.41, 5.74) is 0.101. The van der Waals surface area contributed by atoms with Crippen molar-refractivity contribution in [3.63, 3.8) is 0 Å². The molecule has 3 rings (SSSR count). The minimum absolute atomic E-state index is 0.0270. The van der Waals surface area contributed by atoms with Crippen molar-refractivity contribution in [3.05, 3.63) is 63.4 Å². The predicted octanol–water partition coefficient (Wildman–Crippen LogP) is 2.25. The van der Waals surface area contributed by atoms with Crippen molar-refractivity contribution in [3.8, 4) is 5.75 Å². The van der Waals surface area contributed by atoms with Gasteiger partial charge in [-0.3, -0.25) is 9.78 Å². The smallest absolute Gasteiger partial charge is 0.337 e. The van der Waals surface area contributed by atoms with Crippen LogP contribution < -0.4 is 10.3 Å². The number of benzene rings is 1. The quantitative estimate of drug-likeness (QED) is 0.759. The maximum Gasteiger partial charge on any atom is 0.337 e. The number of aromatic carboxylic acids is 1. The number of hydrogen-bond acceptors (Lipinski definition) is 5. The van der Waals surface area contributed by atoms with Crippen LogP contribution in [-0.2, 0) is 6.61 Å². The third-order valence-electron chi connectivity index (χ3n) is 3.10. The number of carboxylic acid groups (broad SMARTS) is 1. The van der Waals surface area contributed by atoms with E-state index in [4.69, 9.17) is 21.4 Å². The summed E-state index contributed by atoms with van der Waals surface area (Å²) in [4.78, 5) is 33.7. The molecule has 2 aromatic heterocycles. The molecule has 116 valence electrons. The zero-order valence-electron chi connectivity index (χ0n) is 11.6. The zero-order chi connectivity index (χ0) is 16.4. The molecule has 0 aliphatic carbocycles. The number of hydrogen-bond donors (Lipinski definition) is 2. The van der Waals surface area contributed by atoms with Crippen molar-refractivity contribution in [2.75, 3.05) is 0 Å². The molecule has 0 fully saturated rings. The molecule has 0 spiro atoms. The minimum atomic E-state index is -1.15. The van der Waals surface area contributed by atoms with Crippen LogP contribution in [0.2, 0.25) is 5.02 Å². The molecule has 0 bridgehead atoms. The Morgan fingerprint density at radius 2 is 2.17 bits per heavy atom. The van der Waals surface area contributed by atoms with Gasteiger partial charge in [-0.05, 0) is 24.3 Å². The average Bonchev–Trinajstić information content (AvgIpc) is 2.54. The highest BCUT2D eigenvalue weighted by atomic mass is 35.5. The maximum absolute atomic E-state index is 11.9. The standard InChI is InChI=1S/C15H10ClN3O4/c16-11-2-1-8(5-10(11)15(21)22)23-7-13-18-12-6-17-4-3-9(12)14(20)19-13/h1-6H,7H2,(H,21,22)(H,18,19,20). The van der Waals surface area contributed by atoms with Crippen LogP contribution >= 0.6 is 11.6 Å². The summed E-state index contributed by atoms with van der Waals surface area (Å²) in [5.74, 6) is -0.535. The van der Waals surface area contributed by atoms with E-state index in [0.29, 0.717) is 22.5 Å². The molecule has 0 amide bonds. The van der Waals surface area contributed by atoms with Crippen molar-refractivity contribution in [2.45, 2.75) is 6.61 Å². The Morgan fingerprint density at radius 1 is 1.35 bits per heavy atom. The second kappa shape index (κ2) is 6.05. The molecule has 0 atom stereocenters. The number of fused-ring (bicyclic) bond motifs is 1. The summed E-state index contributed by atoms with van der Waals surface area (Å²) in [7, 11) is 0. The van der Waals surface area contributed by atoms with Gasteiger partial charge in [0.1, 0.15) is 18.2 Å². The highest BCUT2D eigenvalue weighted by Crippen LogP contribution is 2.22. The average molecular weight is 332 g/mol. The number of nitrogens with zero attached hydrogens (tertiary/aromatic N) is 2. The fourth-order valence-corrected chi connectivity index (χ4v) is 2.22. The molecule has 8 heteroatoms. The van der Waals surface area contributed by atoms with E-state index in [1.165, 1.54) is 30.6 Å². The zero-order valence-corrected chi connectivity index (χ0v) is 12.4. The van der Waals surface area contributed by atoms with Crippen LogP contribution in [0.4, 0.5) is 0 Å². The number of halogens is 1. The Labute approximate surface area is 134 Å². The summed E-state index contributed by atoms with van der Waals surface area (Å²) < 4.78 is 5.47. The van der Waals surface area contributed by atoms with E-state index in [9.17, 15) is 9.59 Å². The van der Waals surface area contributed by atoms with Crippen LogP contribution in [0, 0.1) is 0 Å². The first-order valence-corrected chi connectivity index (χ1v) is 6.91. The summed E-state index contributed by atoms with van der Waals surface area (Å²) in [6.07, 6.45) is 3.00. The maximum atomic E-state index is 11.9. The van der Waals surface area contributed by atoms with E-state index in [2.05, 4.69) is 15.0 Å². The van der Waals surface area contributed by atoms with Crippen molar-refractivity contribution >= 4 is 28.5 Å². The lowest BCUT2D eigenvalue weighted by Gasteiger charge is -2.08. The van der Waals surface area contributed by atoms with Gasteiger partial charge >= 0.3 is 5.97 Å². The van der Waals surface area contributed by atoms with Gasteiger partial charge in [-0.25, -0.2) is 9.78 Å². The number of rotatable bonds is 4. The molecule has 2 heterocycles. The number of aromatic nitrogens is 3. The van der Waals surface area contributed by atoms with Gasteiger partial charge in [-0.15, -0.1) is 0 Å². The number of carboxylic acids is 1. The van der Waals surface area contributed by atoms with Gasteiger partial charge in [0, 0.05) is 6.20 Å². The lowest BCUT2D eigenvalue weighted by molar-refractivity contribution is 0.0696. The van der Waals surface area contributed by atoms with Crippen LogP contribution in [-0.4, -0.2) is 26.0 Å². The number of carbonyl (C=O) groups is 1. The monoisotopic (exact) mass is 331 g/mol. The summed E-state index contributed by atoms with van der Waals surface area (Å²) in [6.45, 7) is -0.0270. The summed E-state index contributed by atoms with van der Waals surface area (Å²) >= 11 is 5.79. The van der Waals surface area contributed by atoms with Crippen LogP contribution in [0.25, 0.3) is 10.9 Å². The normalized spacial score (nSPS) is 10.7. The minimum Gasteiger partial charge on any atom is -0.486 e. The number of H-pyrrole nitrogens is 1. The number of aromatic amines is 1. The third-order valence-corrected chi connectivity index (χ3v) is 3.43. The summed E-state index contributed by atoms with van der Waals surface area (Å²) in [5, 5.41) is 9.58. The molecule has 2 N–H and O–H groups in total. The summed E-state index contributed by atoms with van der Waals surface area (Å²) in [6, 6.07) is 5.85. The van der Waals surface area contributed by atoms with E-state index in [1.807, 2.05) is 0 Å². The number of ether oxygens (including phenoxy) is 1. The number of pyridine rings is 1. The molecule has 0 unspecified atom stereocenters. The molecule has 0 aliphatic heterocycles. The van der Waals surface area contributed by atoms with Crippen LogP contribution in [0.5, 0.6) is 5.75 Å². The Bertz CT molecular complexity index is 955. The SMILES string of the molecule is O=C(O)c1cc(OCc2nc3cnccc3c(=O)[nH]2)ccc1Cl. The Morgan fingerprint density at radius 3 is 2.96 bits per heavy atom. The molecule has 0 saturated heterocycles. The lowest BCUT2D eigenvalue weighted by atomic mass is 10.2. The lowest BCUT2D eigenvalue weighted by Crippen LogP contribution is -2.13. The largest absolute Gasteiger partial charge is 0.486 e. The van der Waals surface area contributed by atoms with Crippen LogP contribution in [0.1, 0.15) is 16.2 Å². The van der Waals surface area contributed by atoms with Gasteiger partial charge in [0.05, 0.1) is 27.7 Å². The second-order valence-electron chi connectivity index (χ2n) is 4.64. The first kappa shape index (κ1) is 15.0. The van der Waals surface area contributed by atoms with E-state index in [0.717, 1.165) is 0 Å². The van der Waals surface area contributed by atoms with E-state index >= 15 is 0 Å². The van der Waals surface area contributed by atoms with Gasteiger partial charge in [0.25, 0.3) is 5.56 Å². The molecule has 23 heavy (non-hydrogen) atoms. The molecule has 7 nitrogen and oxygen atoms in total. The van der Waals surface area contributed by atoms with Crippen molar-refractivity contribution in [1.82, 2.24) is 15.0 Å². The third kappa shape index (κ3) is 3.14. The Kier molecular flexibility index (Phi) is 3.94. The molecule has 1 aromatic carbocycles. The van der Waals surface area contributed by atoms with E-state index in [-0.39, 0.29) is 22.8 Å². The van der Waals surface area contributed by atoms with E-state index in [1.54, 1.807) is 6.07 Å². The van der Waals surface area contributed by atoms with Gasteiger partial charge in [-0.1, -0.05) is 11.6 Å². The topological polar surface area (TPSA) is 105 Å². The highest BCUT2D eigenvalue weighted by Gasteiger charge is 2.10. The highest BCUT2D eigenvalue weighted by molar-refractivity contribution is 6.33. The fourth-order valence-electron chi connectivity index (χ4n) is 2.02. The van der Waals surface area contributed by atoms with Gasteiger partial charge in [0.2, 0.25) is 0 Å². The number of nitrogens with one attached hydrogen (secondary N) is 1. The second-order valence-corrected chi connectivity index (χ2v) is 5.05. The molecule has 3 aromatic rings. The van der Waals surface area contributed by atoms with Crippen molar-refractivity contribution in [2.24, 2.45) is 0 Å². The van der Waals surface area contributed by atoms with Crippen LogP contribution in [0.3, 0.4) is 0 Å². The predicted molar refractivity (Wildman–Crippen MR) is 82.9 cm³/mol. The molecular weight excluding hydrogens is 322 g/mol. The molecule has 0 aliphatic rings. The Balaban J connectivity index is 1.85. The van der Waals surface area contributed by atoms with Crippen LogP contribution in [0.15, 0.2) is 41.5 Å². The van der Waals surface area contributed by atoms with Gasteiger partial charge < -0.3 is 14.8 Å². The van der Waals surface area contributed by atoms with Gasteiger partial charge in [-0.2, -0.15) is 0 Å². The molecular formula is C15H10ClN3O4.